The summed E-state index contributed by atoms with van der Waals surface area (Å²) < 4.78 is 5.63. The number of amides is 1. The quantitative estimate of drug-likeness (QED) is 0.771. The lowest BCUT2D eigenvalue weighted by atomic mass is 9.86. The smallest absolute Gasteiger partial charge is 0.258 e. The number of ketones is 1. The lowest BCUT2D eigenvalue weighted by molar-refractivity contribution is 0.0973. The Hall–Kier alpha value is -2.62. The van der Waals surface area contributed by atoms with E-state index in [1.807, 2.05) is 24.3 Å². The second-order valence-electron chi connectivity index (χ2n) is 7.37. The van der Waals surface area contributed by atoms with Crippen LogP contribution in [0.1, 0.15) is 54.0 Å². The highest BCUT2D eigenvalue weighted by Crippen LogP contribution is 2.34. The molecule has 0 saturated carbocycles. The van der Waals surface area contributed by atoms with Gasteiger partial charge < -0.3 is 9.64 Å². The van der Waals surface area contributed by atoms with E-state index in [4.69, 9.17) is 4.74 Å². The summed E-state index contributed by atoms with van der Waals surface area (Å²) in [4.78, 5) is 26.3. The minimum absolute atomic E-state index is 0.0321. The van der Waals surface area contributed by atoms with Crippen LogP contribution in [0.2, 0.25) is 0 Å². The van der Waals surface area contributed by atoms with Crippen LogP contribution < -0.4 is 9.64 Å². The predicted octanol–water partition coefficient (Wildman–Crippen LogP) is 4.23. The summed E-state index contributed by atoms with van der Waals surface area (Å²) in [5.41, 5.74) is 3.09. The van der Waals surface area contributed by atoms with Crippen LogP contribution in [-0.4, -0.2) is 24.8 Å². The Bertz CT molecular complexity index is 816. The fraction of sp³-hybridized carbons (Fsp3) is 0.333. The highest BCUT2D eigenvalue weighted by atomic mass is 16.5. The van der Waals surface area contributed by atoms with Gasteiger partial charge in [-0.3, -0.25) is 9.59 Å². The van der Waals surface area contributed by atoms with E-state index >= 15 is 0 Å². The van der Waals surface area contributed by atoms with Crippen molar-refractivity contribution >= 4 is 17.4 Å². The van der Waals surface area contributed by atoms with Gasteiger partial charge in [-0.1, -0.05) is 32.9 Å². The first kappa shape index (κ1) is 17.2. The van der Waals surface area contributed by atoms with E-state index in [0.29, 0.717) is 35.7 Å². The van der Waals surface area contributed by atoms with Gasteiger partial charge in [0, 0.05) is 11.1 Å². The molecule has 0 spiro atoms. The fourth-order valence-corrected chi connectivity index (χ4v) is 2.92. The van der Waals surface area contributed by atoms with Gasteiger partial charge in [0.25, 0.3) is 5.91 Å². The number of Topliss-reactive ketones (excluding diaryl/α,β-unsaturated/α-hetero) is 1. The number of anilines is 1. The Morgan fingerprint density at radius 2 is 1.64 bits per heavy atom. The zero-order chi connectivity index (χ0) is 18.2. The third-order valence-electron chi connectivity index (χ3n) is 4.47. The first-order valence-electron chi connectivity index (χ1n) is 8.47. The molecule has 2 aromatic rings. The van der Waals surface area contributed by atoms with Gasteiger partial charge in [0.1, 0.15) is 12.4 Å². The SMILES string of the molecule is CC(=O)c1ccc2c(c1)N(C(=O)c1ccc(C(C)(C)C)cc1)CCO2. The Balaban J connectivity index is 1.94. The van der Waals surface area contributed by atoms with Crippen LogP contribution in [-0.2, 0) is 5.41 Å². The Kier molecular flexibility index (Phi) is 4.38. The molecule has 0 fully saturated rings. The van der Waals surface area contributed by atoms with E-state index in [-0.39, 0.29) is 17.1 Å². The van der Waals surface area contributed by atoms with Gasteiger partial charge in [0.15, 0.2) is 5.78 Å². The molecular formula is C21H23NO3. The van der Waals surface area contributed by atoms with E-state index in [9.17, 15) is 9.59 Å². The first-order valence-corrected chi connectivity index (χ1v) is 8.47. The summed E-state index contributed by atoms with van der Waals surface area (Å²) in [5, 5.41) is 0. The highest BCUT2D eigenvalue weighted by molar-refractivity contribution is 6.08. The summed E-state index contributed by atoms with van der Waals surface area (Å²) in [6.07, 6.45) is 0. The molecule has 1 heterocycles. The molecule has 0 N–H and O–H groups in total. The lowest BCUT2D eigenvalue weighted by Crippen LogP contribution is -2.38. The van der Waals surface area contributed by atoms with Gasteiger partial charge in [-0.25, -0.2) is 0 Å². The number of nitrogens with zero attached hydrogens (tertiary/aromatic N) is 1. The molecule has 0 atom stereocenters. The van der Waals surface area contributed by atoms with Gasteiger partial charge in [-0.2, -0.15) is 0 Å². The summed E-state index contributed by atoms with van der Waals surface area (Å²) in [6.45, 7) is 8.86. The second kappa shape index (κ2) is 6.36. The molecule has 1 aliphatic heterocycles. The van der Waals surface area contributed by atoms with E-state index < -0.39 is 0 Å². The van der Waals surface area contributed by atoms with Crippen molar-refractivity contribution in [3.05, 3.63) is 59.2 Å². The average Bonchev–Trinajstić information content (AvgIpc) is 2.59. The van der Waals surface area contributed by atoms with Crippen molar-refractivity contribution in [2.75, 3.05) is 18.1 Å². The number of rotatable bonds is 2. The largest absolute Gasteiger partial charge is 0.490 e. The van der Waals surface area contributed by atoms with Crippen LogP contribution in [0.25, 0.3) is 0 Å². The maximum absolute atomic E-state index is 13.0. The fourth-order valence-electron chi connectivity index (χ4n) is 2.92. The summed E-state index contributed by atoms with van der Waals surface area (Å²) in [7, 11) is 0. The van der Waals surface area contributed by atoms with E-state index in [0.717, 1.165) is 0 Å². The van der Waals surface area contributed by atoms with E-state index in [2.05, 4.69) is 20.8 Å². The van der Waals surface area contributed by atoms with Crippen molar-refractivity contribution in [1.82, 2.24) is 0 Å². The molecule has 130 valence electrons. The number of fused-ring (bicyclic) bond motifs is 1. The number of benzene rings is 2. The summed E-state index contributed by atoms with van der Waals surface area (Å²) >= 11 is 0. The van der Waals surface area contributed by atoms with Gasteiger partial charge in [-0.05, 0) is 48.2 Å². The highest BCUT2D eigenvalue weighted by Gasteiger charge is 2.26. The molecule has 0 saturated heterocycles. The van der Waals surface area contributed by atoms with Crippen LogP contribution >= 0.6 is 0 Å². The Morgan fingerprint density at radius 1 is 1.00 bits per heavy atom. The van der Waals surface area contributed by atoms with Gasteiger partial charge in [0.2, 0.25) is 0 Å². The van der Waals surface area contributed by atoms with Crippen LogP contribution in [0.5, 0.6) is 5.75 Å². The molecule has 0 radical (unpaired) electrons. The molecule has 4 heteroatoms. The molecule has 0 bridgehead atoms. The van der Waals surface area contributed by atoms with Crippen molar-refractivity contribution in [3.8, 4) is 5.75 Å². The lowest BCUT2D eigenvalue weighted by Gasteiger charge is -2.30. The monoisotopic (exact) mass is 337 g/mol. The Labute approximate surface area is 148 Å². The zero-order valence-electron chi connectivity index (χ0n) is 15.1. The molecule has 1 aliphatic rings. The van der Waals surface area contributed by atoms with Gasteiger partial charge in [0.05, 0.1) is 12.2 Å². The summed E-state index contributed by atoms with van der Waals surface area (Å²) in [5.74, 6) is 0.525. The topological polar surface area (TPSA) is 46.6 Å². The molecule has 4 nitrogen and oxygen atoms in total. The van der Waals surface area contributed by atoms with Crippen LogP contribution in [0.4, 0.5) is 5.69 Å². The molecule has 0 aliphatic carbocycles. The van der Waals surface area contributed by atoms with Crippen LogP contribution in [0.15, 0.2) is 42.5 Å². The molecule has 0 unspecified atom stereocenters. The number of hydrogen-bond donors (Lipinski definition) is 0. The first-order chi connectivity index (χ1) is 11.8. The summed E-state index contributed by atoms with van der Waals surface area (Å²) in [6, 6.07) is 13.0. The average molecular weight is 337 g/mol. The standard InChI is InChI=1S/C21H23NO3/c1-14(23)16-7-10-19-18(13-16)22(11-12-25-19)20(24)15-5-8-17(9-6-15)21(2,3)4/h5-10,13H,11-12H2,1-4H3. The maximum atomic E-state index is 13.0. The Morgan fingerprint density at radius 3 is 2.24 bits per heavy atom. The maximum Gasteiger partial charge on any atom is 0.258 e. The normalized spacial score (nSPS) is 13.8. The predicted molar refractivity (Wildman–Crippen MR) is 98.8 cm³/mol. The minimum atomic E-state index is -0.0780. The number of carbonyl (C=O) groups excluding carboxylic acids is 2. The van der Waals surface area contributed by atoms with Crippen molar-refractivity contribution in [1.29, 1.82) is 0 Å². The van der Waals surface area contributed by atoms with Crippen LogP contribution in [0, 0.1) is 0 Å². The van der Waals surface area contributed by atoms with Gasteiger partial charge in [-0.15, -0.1) is 0 Å². The second-order valence-corrected chi connectivity index (χ2v) is 7.37. The molecule has 3 rings (SSSR count). The molecule has 25 heavy (non-hydrogen) atoms. The number of carbonyl (C=O) groups is 2. The number of ether oxygens (including phenoxy) is 1. The third kappa shape index (κ3) is 3.43. The van der Waals surface area contributed by atoms with Crippen molar-refractivity contribution in [2.45, 2.75) is 33.1 Å². The van der Waals surface area contributed by atoms with Crippen molar-refractivity contribution in [2.24, 2.45) is 0 Å². The van der Waals surface area contributed by atoms with Crippen LogP contribution in [0.3, 0.4) is 0 Å². The molecule has 0 aromatic heterocycles. The van der Waals surface area contributed by atoms with Crippen molar-refractivity contribution in [3.63, 3.8) is 0 Å². The zero-order valence-corrected chi connectivity index (χ0v) is 15.1. The number of hydrogen-bond acceptors (Lipinski definition) is 3. The van der Waals surface area contributed by atoms with Crippen molar-refractivity contribution < 1.29 is 14.3 Å². The van der Waals surface area contributed by atoms with E-state index in [1.54, 1.807) is 23.1 Å². The third-order valence-corrected chi connectivity index (χ3v) is 4.47. The van der Waals surface area contributed by atoms with Gasteiger partial charge >= 0.3 is 0 Å². The minimum Gasteiger partial charge on any atom is -0.490 e. The molecule has 1 amide bonds. The molecular weight excluding hydrogens is 314 g/mol. The molecule has 2 aromatic carbocycles. The van der Waals surface area contributed by atoms with E-state index in [1.165, 1.54) is 12.5 Å².